The molecule has 17 heavy (non-hydrogen) atoms. The minimum absolute atomic E-state index is 0.153. The molecule has 0 bridgehead atoms. The lowest BCUT2D eigenvalue weighted by molar-refractivity contribution is 0.463. The zero-order valence-corrected chi connectivity index (χ0v) is 12.6. The van der Waals surface area contributed by atoms with Crippen molar-refractivity contribution in [2.45, 2.75) is 25.7 Å². The summed E-state index contributed by atoms with van der Waals surface area (Å²) in [6, 6.07) is 8.46. The molecule has 1 aromatic carbocycles. The lowest BCUT2D eigenvalue weighted by atomic mass is 9.84. The third-order valence-corrected chi connectivity index (χ3v) is 3.64. The first-order chi connectivity index (χ1) is 8.08. The number of benzene rings is 1. The van der Waals surface area contributed by atoms with Crippen molar-refractivity contribution in [2.24, 2.45) is 0 Å². The molecule has 0 aromatic heterocycles. The van der Waals surface area contributed by atoms with Gasteiger partial charge in [-0.3, -0.25) is 0 Å². The SMILES string of the molecule is CNCCCNCC(C)(C)c1ccccc1Br. The summed E-state index contributed by atoms with van der Waals surface area (Å²) in [6.45, 7) is 7.69. The Labute approximate surface area is 113 Å². The van der Waals surface area contributed by atoms with Gasteiger partial charge in [0.25, 0.3) is 0 Å². The van der Waals surface area contributed by atoms with Gasteiger partial charge in [0.2, 0.25) is 0 Å². The van der Waals surface area contributed by atoms with Gasteiger partial charge in [-0.05, 0) is 38.2 Å². The van der Waals surface area contributed by atoms with Crippen molar-refractivity contribution >= 4 is 15.9 Å². The van der Waals surface area contributed by atoms with Crippen LogP contribution in [0.3, 0.4) is 0 Å². The highest BCUT2D eigenvalue weighted by molar-refractivity contribution is 9.10. The number of hydrogen-bond donors (Lipinski definition) is 2. The average Bonchev–Trinajstić information content (AvgIpc) is 2.29. The molecule has 0 aliphatic rings. The molecular formula is C14H23BrN2. The summed E-state index contributed by atoms with van der Waals surface area (Å²) in [4.78, 5) is 0. The third kappa shape index (κ3) is 4.78. The van der Waals surface area contributed by atoms with Crippen LogP contribution in [0.5, 0.6) is 0 Å². The van der Waals surface area contributed by atoms with Gasteiger partial charge in [0, 0.05) is 16.4 Å². The van der Waals surface area contributed by atoms with Crippen LogP contribution < -0.4 is 10.6 Å². The molecule has 2 N–H and O–H groups in total. The van der Waals surface area contributed by atoms with Gasteiger partial charge in [-0.1, -0.05) is 48.0 Å². The summed E-state index contributed by atoms with van der Waals surface area (Å²) in [5.41, 5.74) is 1.51. The Morgan fingerprint density at radius 3 is 2.53 bits per heavy atom. The Kier molecular flexibility index (Phi) is 6.17. The fourth-order valence-electron chi connectivity index (χ4n) is 1.90. The molecule has 2 nitrogen and oxygen atoms in total. The predicted octanol–water partition coefficient (Wildman–Crippen LogP) is 2.93. The summed E-state index contributed by atoms with van der Waals surface area (Å²) in [5, 5.41) is 6.68. The molecule has 0 fully saturated rings. The zero-order valence-electron chi connectivity index (χ0n) is 11.0. The van der Waals surface area contributed by atoms with Gasteiger partial charge in [0.1, 0.15) is 0 Å². The van der Waals surface area contributed by atoms with Crippen LogP contribution in [0.1, 0.15) is 25.8 Å². The first kappa shape index (κ1) is 14.7. The molecule has 0 aliphatic heterocycles. The van der Waals surface area contributed by atoms with E-state index in [4.69, 9.17) is 0 Å². The number of hydrogen-bond acceptors (Lipinski definition) is 2. The van der Waals surface area contributed by atoms with E-state index in [-0.39, 0.29) is 5.41 Å². The van der Waals surface area contributed by atoms with Gasteiger partial charge in [0.15, 0.2) is 0 Å². The minimum atomic E-state index is 0.153. The molecular weight excluding hydrogens is 276 g/mol. The quantitative estimate of drug-likeness (QED) is 0.757. The summed E-state index contributed by atoms with van der Waals surface area (Å²) in [6.07, 6.45) is 1.17. The lowest BCUT2D eigenvalue weighted by Gasteiger charge is -2.27. The standard InChI is InChI=1S/C14H23BrN2/c1-14(2,11-17-10-6-9-16-3)12-7-4-5-8-13(12)15/h4-5,7-8,16-17H,6,9-11H2,1-3H3. The largest absolute Gasteiger partial charge is 0.320 e. The van der Waals surface area contributed by atoms with E-state index in [2.05, 4.69) is 64.7 Å². The molecule has 1 aromatic rings. The summed E-state index contributed by atoms with van der Waals surface area (Å²) < 4.78 is 1.20. The van der Waals surface area contributed by atoms with Gasteiger partial charge in [0.05, 0.1) is 0 Å². The summed E-state index contributed by atoms with van der Waals surface area (Å²) in [7, 11) is 1.99. The van der Waals surface area contributed by atoms with Crippen LogP contribution in [-0.2, 0) is 5.41 Å². The Balaban J connectivity index is 2.48. The second-order valence-electron chi connectivity index (χ2n) is 5.00. The molecule has 0 saturated carbocycles. The van der Waals surface area contributed by atoms with Crippen molar-refractivity contribution < 1.29 is 0 Å². The molecule has 0 heterocycles. The van der Waals surface area contributed by atoms with Crippen molar-refractivity contribution in [3.8, 4) is 0 Å². The van der Waals surface area contributed by atoms with E-state index >= 15 is 0 Å². The summed E-state index contributed by atoms with van der Waals surface area (Å²) in [5.74, 6) is 0. The zero-order chi connectivity index (χ0) is 12.7. The Hall–Kier alpha value is -0.380. The molecule has 0 unspecified atom stereocenters. The van der Waals surface area contributed by atoms with Gasteiger partial charge >= 0.3 is 0 Å². The minimum Gasteiger partial charge on any atom is -0.320 e. The maximum atomic E-state index is 3.63. The van der Waals surface area contributed by atoms with Crippen molar-refractivity contribution in [3.63, 3.8) is 0 Å². The van der Waals surface area contributed by atoms with E-state index in [0.29, 0.717) is 0 Å². The van der Waals surface area contributed by atoms with Gasteiger partial charge in [-0.25, -0.2) is 0 Å². The van der Waals surface area contributed by atoms with Gasteiger partial charge < -0.3 is 10.6 Å². The smallest absolute Gasteiger partial charge is 0.0213 e. The van der Waals surface area contributed by atoms with Crippen LogP contribution in [0.25, 0.3) is 0 Å². The van der Waals surface area contributed by atoms with Crippen molar-refractivity contribution in [1.29, 1.82) is 0 Å². The molecule has 96 valence electrons. The molecule has 0 atom stereocenters. The Morgan fingerprint density at radius 1 is 1.18 bits per heavy atom. The predicted molar refractivity (Wildman–Crippen MR) is 78.6 cm³/mol. The van der Waals surface area contributed by atoms with Gasteiger partial charge in [-0.2, -0.15) is 0 Å². The highest BCUT2D eigenvalue weighted by Gasteiger charge is 2.21. The monoisotopic (exact) mass is 298 g/mol. The fourth-order valence-corrected chi connectivity index (χ4v) is 2.72. The highest BCUT2D eigenvalue weighted by Crippen LogP contribution is 2.29. The van der Waals surface area contributed by atoms with Crippen LogP contribution in [0.15, 0.2) is 28.7 Å². The first-order valence-corrected chi connectivity index (χ1v) is 6.97. The second kappa shape index (κ2) is 7.14. The third-order valence-electron chi connectivity index (χ3n) is 2.95. The molecule has 0 spiro atoms. The normalized spacial score (nSPS) is 11.8. The number of halogens is 1. The summed E-state index contributed by atoms with van der Waals surface area (Å²) >= 11 is 3.63. The fraction of sp³-hybridized carbons (Fsp3) is 0.571. The van der Waals surface area contributed by atoms with Gasteiger partial charge in [-0.15, -0.1) is 0 Å². The van der Waals surface area contributed by atoms with E-state index in [9.17, 15) is 0 Å². The molecule has 0 saturated heterocycles. The van der Waals surface area contributed by atoms with E-state index < -0.39 is 0 Å². The molecule has 1 rings (SSSR count). The van der Waals surface area contributed by atoms with Crippen LogP contribution in [-0.4, -0.2) is 26.7 Å². The number of rotatable bonds is 7. The molecule has 0 aliphatic carbocycles. The maximum Gasteiger partial charge on any atom is 0.0213 e. The van der Waals surface area contributed by atoms with Crippen LogP contribution in [0.2, 0.25) is 0 Å². The van der Waals surface area contributed by atoms with E-state index in [1.54, 1.807) is 0 Å². The molecule has 0 radical (unpaired) electrons. The Morgan fingerprint density at radius 2 is 1.88 bits per heavy atom. The maximum absolute atomic E-state index is 3.63. The Bertz CT molecular complexity index is 337. The van der Waals surface area contributed by atoms with Crippen LogP contribution >= 0.6 is 15.9 Å². The average molecular weight is 299 g/mol. The van der Waals surface area contributed by atoms with E-state index in [1.807, 2.05) is 7.05 Å². The molecule has 3 heteroatoms. The molecule has 0 amide bonds. The highest BCUT2D eigenvalue weighted by atomic mass is 79.9. The second-order valence-corrected chi connectivity index (χ2v) is 5.85. The topological polar surface area (TPSA) is 24.1 Å². The first-order valence-electron chi connectivity index (χ1n) is 6.18. The van der Waals surface area contributed by atoms with E-state index in [1.165, 1.54) is 16.5 Å². The van der Waals surface area contributed by atoms with Crippen molar-refractivity contribution in [2.75, 3.05) is 26.7 Å². The van der Waals surface area contributed by atoms with Crippen molar-refractivity contribution in [1.82, 2.24) is 10.6 Å². The van der Waals surface area contributed by atoms with Crippen LogP contribution in [0, 0.1) is 0 Å². The number of nitrogens with one attached hydrogen (secondary N) is 2. The van der Waals surface area contributed by atoms with Crippen LogP contribution in [0.4, 0.5) is 0 Å². The van der Waals surface area contributed by atoms with Crippen molar-refractivity contribution in [3.05, 3.63) is 34.3 Å². The van der Waals surface area contributed by atoms with E-state index in [0.717, 1.165) is 19.6 Å². The lowest BCUT2D eigenvalue weighted by Crippen LogP contribution is -2.34.